The second-order valence-corrected chi connectivity index (χ2v) is 6.04. The van der Waals surface area contributed by atoms with Crippen LogP contribution in [0.3, 0.4) is 0 Å². The molecule has 0 amide bonds. The minimum Gasteiger partial charge on any atom is -0.317 e. The molecule has 0 rings (SSSR count). The van der Waals surface area contributed by atoms with Gasteiger partial charge < -0.3 is 21.3 Å². The largest absolute Gasteiger partial charge is 0.317 e. The van der Waals surface area contributed by atoms with Gasteiger partial charge in [0.2, 0.25) is 0 Å². The van der Waals surface area contributed by atoms with Gasteiger partial charge in [-0.1, -0.05) is 39.5 Å². The van der Waals surface area contributed by atoms with Crippen molar-refractivity contribution in [3.05, 3.63) is 0 Å². The van der Waals surface area contributed by atoms with Gasteiger partial charge in [-0.2, -0.15) is 0 Å². The van der Waals surface area contributed by atoms with E-state index in [1.807, 2.05) is 0 Å². The Morgan fingerprint density at radius 3 is 1.09 bits per heavy atom. The molecule has 0 bridgehead atoms. The Hall–Kier alpha value is -0.160. The van der Waals surface area contributed by atoms with Crippen LogP contribution in [-0.4, -0.2) is 52.4 Å². The van der Waals surface area contributed by atoms with E-state index in [9.17, 15) is 0 Å². The first-order chi connectivity index (χ1) is 10.9. The van der Waals surface area contributed by atoms with Gasteiger partial charge >= 0.3 is 0 Å². The van der Waals surface area contributed by atoms with Gasteiger partial charge in [0.15, 0.2) is 0 Å². The van der Waals surface area contributed by atoms with E-state index in [1.165, 1.54) is 64.5 Å². The zero-order valence-electron chi connectivity index (χ0n) is 15.3. The summed E-state index contributed by atoms with van der Waals surface area (Å²) in [7, 11) is 0. The standard InChI is InChI=1S/C18H42N4/c1-3-19-15-11-17-21-13-9-7-5-6-8-10-14-22-18-12-16-20-4-2/h19-22H,3-18H2,1-2H3. The molecule has 0 saturated heterocycles. The minimum absolute atomic E-state index is 1.09. The second kappa shape index (κ2) is 20.8. The van der Waals surface area contributed by atoms with Crippen LogP contribution >= 0.6 is 0 Å². The Bertz CT molecular complexity index is 168. The van der Waals surface area contributed by atoms with Gasteiger partial charge in [-0.05, 0) is 78.0 Å². The van der Waals surface area contributed by atoms with E-state index in [4.69, 9.17) is 0 Å². The zero-order chi connectivity index (χ0) is 16.1. The van der Waals surface area contributed by atoms with E-state index in [1.54, 1.807) is 0 Å². The van der Waals surface area contributed by atoms with Crippen molar-refractivity contribution in [1.82, 2.24) is 21.3 Å². The van der Waals surface area contributed by atoms with Crippen molar-refractivity contribution in [3.8, 4) is 0 Å². The second-order valence-electron chi connectivity index (χ2n) is 6.04. The predicted octanol–water partition coefficient (Wildman–Crippen LogP) is 2.51. The molecule has 0 radical (unpaired) electrons. The van der Waals surface area contributed by atoms with Crippen LogP contribution in [0.2, 0.25) is 0 Å². The first kappa shape index (κ1) is 21.8. The maximum absolute atomic E-state index is 3.53. The minimum atomic E-state index is 1.09. The Labute approximate surface area is 139 Å². The van der Waals surface area contributed by atoms with Gasteiger partial charge in [0, 0.05) is 0 Å². The van der Waals surface area contributed by atoms with Crippen LogP contribution in [0.1, 0.15) is 65.2 Å². The first-order valence-corrected chi connectivity index (χ1v) is 9.74. The highest BCUT2D eigenvalue weighted by molar-refractivity contribution is 4.54. The van der Waals surface area contributed by atoms with E-state index >= 15 is 0 Å². The number of nitrogens with one attached hydrogen (secondary N) is 4. The molecule has 4 N–H and O–H groups in total. The Kier molecular flexibility index (Phi) is 20.7. The van der Waals surface area contributed by atoms with Crippen molar-refractivity contribution < 1.29 is 0 Å². The highest BCUT2D eigenvalue weighted by Crippen LogP contribution is 2.04. The van der Waals surface area contributed by atoms with Crippen molar-refractivity contribution in [2.75, 3.05) is 52.4 Å². The Morgan fingerprint density at radius 2 is 0.682 bits per heavy atom. The molecule has 0 aliphatic rings. The first-order valence-electron chi connectivity index (χ1n) is 9.74. The SMILES string of the molecule is CCNCCCNCCCCCCCCNCCCNCC. The molecule has 0 unspecified atom stereocenters. The summed E-state index contributed by atoms with van der Waals surface area (Å²) in [6.07, 6.45) is 10.7. The molecule has 0 aliphatic carbocycles. The summed E-state index contributed by atoms with van der Waals surface area (Å²) in [5.74, 6) is 0. The molecule has 0 aliphatic heterocycles. The molecule has 134 valence electrons. The van der Waals surface area contributed by atoms with E-state index in [0.29, 0.717) is 0 Å². The van der Waals surface area contributed by atoms with Crippen LogP contribution in [0, 0.1) is 0 Å². The number of rotatable bonds is 19. The third kappa shape index (κ3) is 19.8. The molecule has 0 aromatic carbocycles. The van der Waals surface area contributed by atoms with Crippen LogP contribution in [0.5, 0.6) is 0 Å². The third-order valence-corrected chi connectivity index (χ3v) is 3.87. The topological polar surface area (TPSA) is 48.1 Å². The van der Waals surface area contributed by atoms with Crippen LogP contribution < -0.4 is 21.3 Å². The van der Waals surface area contributed by atoms with E-state index in [0.717, 1.165) is 39.3 Å². The van der Waals surface area contributed by atoms with Crippen molar-refractivity contribution in [2.45, 2.75) is 65.2 Å². The fourth-order valence-corrected chi connectivity index (χ4v) is 2.49. The van der Waals surface area contributed by atoms with Gasteiger partial charge in [-0.3, -0.25) is 0 Å². The van der Waals surface area contributed by atoms with E-state index in [-0.39, 0.29) is 0 Å². The summed E-state index contributed by atoms with van der Waals surface area (Å²) in [4.78, 5) is 0. The van der Waals surface area contributed by atoms with Gasteiger partial charge in [0.25, 0.3) is 0 Å². The average Bonchev–Trinajstić information content (AvgIpc) is 2.54. The molecule has 0 aromatic rings. The number of hydrogen-bond donors (Lipinski definition) is 4. The van der Waals surface area contributed by atoms with Crippen molar-refractivity contribution >= 4 is 0 Å². The lowest BCUT2D eigenvalue weighted by molar-refractivity contribution is 0.536. The Balaban J connectivity index is 2.91. The molecular weight excluding hydrogens is 272 g/mol. The summed E-state index contributed by atoms with van der Waals surface area (Å²) >= 11 is 0. The number of unbranched alkanes of at least 4 members (excludes halogenated alkanes) is 5. The molecular formula is C18H42N4. The maximum atomic E-state index is 3.53. The maximum Gasteiger partial charge on any atom is -0.00368 e. The van der Waals surface area contributed by atoms with Crippen molar-refractivity contribution in [1.29, 1.82) is 0 Å². The van der Waals surface area contributed by atoms with Gasteiger partial charge in [0.1, 0.15) is 0 Å². The summed E-state index contributed by atoms with van der Waals surface area (Å²) in [5, 5.41) is 13.8. The average molecular weight is 315 g/mol. The fraction of sp³-hybridized carbons (Fsp3) is 1.00. The van der Waals surface area contributed by atoms with Gasteiger partial charge in [-0.15, -0.1) is 0 Å². The molecule has 0 spiro atoms. The normalized spacial score (nSPS) is 11.2. The van der Waals surface area contributed by atoms with Crippen molar-refractivity contribution in [3.63, 3.8) is 0 Å². The summed E-state index contributed by atoms with van der Waals surface area (Å²) < 4.78 is 0. The molecule has 0 aromatic heterocycles. The van der Waals surface area contributed by atoms with Crippen LogP contribution in [0.4, 0.5) is 0 Å². The highest BCUT2D eigenvalue weighted by Gasteiger charge is 1.93. The monoisotopic (exact) mass is 314 g/mol. The number of hydrogen-bond acceptors (Lipinski definition) is 4. The third-order valence-electron chi connectivity index (χ3n) is 3.87. The van der Waals surface area contributed by atoms with Gasteiger partial charge in [0.05, 0.1) is 0 Å². The lowest BCUT2D eigenvalue weighted by Crippen LogP contribution is -2.22. The molecule has 0 fully saturated rings. The molecule has 4 heteroatoms. The lowest BCUT2D eigenvalue weighted by Gasteiger charge is -2.06. The van der Waals surface area contributed by atoms with Crippen LogP contribution in [-0.2, 0) is 0 Å². The van der Waals surface area contributed by atoms with E-state index < -0.39 is 0 Å². The highest BCUT2D eigenvalue weighted by atomic mass is 14.9. The summed E-state index contributed by atoms with van der Waals surface area (Å²) in [6, 6.07) is 0. The van der Waals surface area contributed by atoms with Crippen molar-refractivity contribution in [2.24, 2.45) is 0 Å². The predicted molar refractivity (Wildman–Crippen MR) is 99.8 cm³/mol. The molecule has 22 heavy (non-hydrogen) atoms. The quantitative estimate of drug-likeness (QED) is 0.277. The molecule has 4 nitrogen and oxygen atoms in total. The lowest BCUT2D eigenvalue weighted by atomic mass is 10.1. The smallest absolute Gasteiger partial charge is 0.00368 e. The van der Waals surface area contributed by atoms with E-state index in [2.05, 4.69) is 35.1 Å². The van der Waals surface area contributed by atoms with Gasteiger partial charge in [-0.25, -0.2) is 0 Å². The molecule has 0 saturated carbocycles. The summed E-state index contributed by atoms with van der Waals surface area (Å²) in [6.45, 7) is 13.5. The Morgan fingerprint density at radius 1 is 0.364 bits per heavy atom. The summed E-state index contributed by atoms with van der Waals surface area (Å²) in [5.41, 5.74) is 0. The van der Waals surface area contributed by atoms with Crippen LogP contribution in [0.15, 0.2) is 0 Å². The molecule has 0 atom stereocenters. The fourth-order valence-electron chi connectivity index (χ4n) is 2.49. The van der Waals surface area contributed by atoms with Crippen LogP contribution in [0.25, 0.3) is 0 Å². The molecule has 0 heterocycles. The zero-order valence-corrected chi connectivity index (χ0v) is 15.3.